The summed E-state index contributed by atoms with van der Waals surface area (Å²) in [6.07, 6.45) is 2.30. The van der Waals surface area contributed by atoms with Crippen molar-refractivity contribution in [2.24, 2.45) is 5.73 Å². The van der Waals surface area contributed by atoms with Crippen LogP contribution in [0.1, 0.15) is 51.2 Å². The van der Waals surface area contributed by atoms with Gasteiger partial charge in [0, 0.05) is 16.9 Å². The first kappa shape index (κ1) is 21.9. The van der Waals surface area contributed by atoms with Gasteiger partial charge >= 0.3 is 0 Å². The smallest absolute Gasteiger partial charge is 0.257 e. The molecule has 1 heterocycles. The third kappa shape index (κ3) is 3.96. The Bertz CT molecular complexity index is 1200. The highest BCUT2D eigenvalue weighted by molar-refractivity contribution is 6.30. The highest BCUT2D eigenvalue weighted by Gasteiger charge is 2.40. The maximum absolute atomic E-state index is 14.6. The predicted molar refractivity (Wildman–Crippen MR) is 116 cm³/mol. The normalized spacial score (nSPS) is 15.8. The lowest BCUT2D eigenvalue weighted by atomic mass is 9.97. The van der Waals surface area contributed by atoms with Crippen LogP contribution in [0, 0.1) is 18.6 Å². The van der Waals surface area contributed by atoms with E-state index in [2.05, 4.69) is 4.98 Å². The summed E-state index contributed by atoms with van der Waals surface area (Å²) in [7, 11) is 0. The quantitative estimate of drug-likeness (QED) is 0.607. The average molecular weight is 456 g/mol. The molecule has 1 aromatic heterocycles. The topological polar surface area (TPSA) is 76.3 Å². The SMILES string of the molecule is Cc1ncccc1C(=O)N([C@@H]1CCc2c(F)cc(Cl)cc21)[C@@H](C(N)=O)c1ccc(F)cc1. The Morgan fingerprint density at radius 1 is 1.19 bits per heavy atom. The predicted octanol–water partition coefficient (Wildman–Crippen LogP) is 4.68. The number of aryl methyl sites for hydroxylation is 1. The van der Waals surface area contributed by atoms with E-state index in [0.717, 1.165) is 0 Å². The molecule has 1 aliphatic carbocycles. The third-order valence-electron chi connectivity index (χ3n) is 5.76. The number of rotatable bonds is 5. The summed E-state index contributed by atoms with van der Waals surface area (Å²) in [6, 6.07) is 9.41. The van der Waals surface area contributed by atoms with E-state index in [1.807, 2.05) is 0 Å². The second kappa shape index (κ2) is 8.67. The molecule has 0 unspecified atom stereocenters. The summed E-state index contributed by atoms with van der Waals surface area (Å²) in [6.45, 7) is 1.68. The molecule has 3 aromatic rings. The van der Waals surface area contributed by atoms with Crippen LogP contribution in [0.4, 0.5) is 8.78 Å². The molecule has 4 rings (SSSR count). The zero-order chi connectivity index (χ0) is 23.0. The summed E-state index contributed by atoms with van der Waals surface area (Å²) in [5.74, 6) is -2.22. The van der Waals surface area contributed by atoms with E-state index in [4.69, 9.17) is 17.3 Å². The minimum atomic E-state index is -1.21. The summed E-state index contributed by atoms with van der Waals surface area (Å²) in [5.41, 5.74) is 7.85. The maximum Gasteiger partial charge on any atom is 0.257 e. The molecule has 8 heteroatoms. The van der Waals surface area contributed by atoms with E-state index >= 15 is 0 Å². The van der Waals surface area contributed by atoms with Gasteiger partial charge in [0.05, 0.1) is 11.6 Å². The average Bonchev–Trinajstić information content (AvgIpc) is 3.16. The van der Waals surface area contributed by atoms with E-state index in [1.54, 1.807) is 31.3 Å². The Morgan fingerprint density at radius 3 is 2.56 bits per heavy atom. The van der Waals surface area contributed by atoms with Crippen molar-refractivity contribution in [1.29, 1.82) is 0 Å². The first-order valence-electron chi connectivity index (χ1n) is 10.0. The van der Waals surface area contributed by atoms with Crippen LogP contribution in [0.3, 0.4) is 0 Å². The number of fused-ring (bicyclic) bond motifs is 1. The Kier molecular flexibility index (Phi) is 5.93. The molecule has 2 aromatic carbocycles. The van der Waals surface area contributed by atoms with Crippen molar-refractivity contribution >= 4 is 23.4 Å². The summed E-state index contributed by atoms with van der Waals surface area (Å²) >= 11 is 6.11. The standard InChI is InChI=1S/C24H20ClF2N3O2/c1-13-17(3-2-10-29-13)24(32)30(22(23(28)31)14-4-6-16(26)7-5-14)21-9-8-18-19(21)11-15(25)12-20(18)27/h2-7,10-12,21-22H,8-9H2,1H3,(H2,28,31)/t21-,22-/m1/s1. The van der Waals surface area contributed by atoms with Gasteiger partial charge in [-0.3, -0.25) is 14.6 Å². The fourth-order valence-electron chi connectivity index (χ4n) is 4.31. The number of pyridine rings is 1. The van der Waals surface area contributed by atoms with Gasteiger partial charge in [0.2, 0.25) is 5.91 Å². The molecule has 0 bridgehead atoms. The summed E-state index contributed by atoms with van der Waals surface area (Å²) in [5, 5.41) is 0.190. The number of aromatic nitrogens is 1. The van der Waals surface area contributed by atoms with Gasteiger partial charge in [-0.25, -0.2) is 8.78 Å². The van der Waals surface area contributed by atoms with Crippen LogP contribution in [0.2, 0.25) is 5.02 Å². The minimum Gasteiger partial charge on any atom is -0.368 e. The first-order chi connectivity index (χ1) is 15.3. The first-order valence-corrected chi connectivity index (χ1v) is 10.4. The van der Waals surface area contributed by atoms with E-state index in [9.17, 15) is 18.4 Å². The number of primary amides is 1. The van der Waals surface area contributed by atoms with Gasteiger partial charge in [-0.2, -0.15) is 0 Å². The van der Waals surface area contributed by atoms with Crippen molar-refractivity contribution in [3.8, 4) is 0 Å². The van der Waals surface area contributed by atoms with Crippen LogP contribution in [0.5, 0.6) is 0 Å². The van der Waals surface area contributed by atoms with Crippen LogP contribution >= 0.6 is 11.6 Å². The lowest BCUT2D eigenvalue weighted by molar-refractivity contribution is -0.123. The van der Waals surface area contributed by atoms with E-state index in [-0.39, 0.29) is 10.6 Å². The molecule has 0 aliphatic heterocycles. The molecule has 5 nitrogen and oxygen atoms in total. The van der Waals surface area contributed by atoms with Gasteiger partial charge in [0.25, 0.3) is 5.91 Å². The number of halogens is 3. The molecular formula is C24H20ClF2N3O2. The van der Waals surface area contributed by atoms with Crippen molar-refractivity contribution in [3.63, 3.8) is 0 Å². The molecule has 1 aliphatic rings. The van der Waals surface area contributed by atoms with Crippen LogP contribution in [0.15, 0.2) is 54.7 Å². The zero-order valence-corrected chi connectivity index (χ0v) is 17.9. The van der Waals surface area contributed by atoms with Gasteiger partial charge in [0.15, 0.2) is 0 Å². The molecule has 0 saturated heterocycles. The number of nitrogens with two attached hydrogens (primary N) is 1. The second-order valence-corrected chi connectivity index (χ2v) is 8.15. The van der Waals surface area contributed by atoms with Gasteiger partial charge in [-0.05, 0) is 72.9 Å². The van der Waals surface area contributed by atoms with Crippen LogP contribution in [-0.2, 0) is 11.2 Å². The summed E-state index contributed by atoms with van der Waals surface area (Å²) in [4.78, 5) is 32.0. The molecule has 164 valence electrons. The van der Waals surface area contributed by atoms with Crippen molar-refractivity contribution in [1.82, 2.24) is 9.88 Å². The number of hydrogen-bond donors (Lipinski definition) is 1. The highest BCUT2D eigenvalue weighted by atomic mass is 35.5. The van der Waals surface area contributed by atoms with Crippen LogP contribution in [0.25, 0.3) is 0 Å². The van der Waals surface area contributed by atoms with Crippen molar-refractivity contribution in [2.75, 3.05) is 0 Å². The number of carbonyl (C=O) groups excluding carboxylic acids is 2. The fourth-order valence-corrected chi connectivity index (χ4v) is 4.52. The zero-order valence-electron chi connectivity index (χ0n) is 17.2. The minimum absolute atomic E-state index is 0.190. The molecule has 0 fully saturated rings. The Hall–Kier alpha value is -3.32. The third-order valence-corrected chi connectivity index (χ3v) is 5.98. The van der Waals surface area contributed by atoms with Gasteiger partial charge in [-0.15, -0.1) is 0 Å². The number of hydrogen-bond acceptors (Lipinski definition) is 3. The highest BCUT2D eigenvalue weighted by Crippen LogP contribution is 2.43. The Labute approximate surface area is 188 Å². The van der Waals surface area contributed by atoms with Gasteiger partial charge in [-0.1, -0.05) is 23.7 Å². The molecule has 0 saturated carbocycles. The Morgan fingerprint density at radius 2 is 1.91 bits per heavy atom. The van der Waals surface area contributed by atoms with Gasteiger partial charge < -0.3 is 10.6 Å². The fraction of sp³-hybridized carbons (Fsp3) is 0.208. The number of nitrogens with zero attached hydrogens (tertiary/aromatic N) is 2. The van der Waals surface area contributed by atoms with E-state index in [1.165, 1.54) is 35.2 Å². The molecule has 2 amide bonds. The number of amides is 2. The van der Waals surface area contributed by atoms with Crippen LogP contribution < -0.4 is 5.73 Å². The lowest BCUT2D eigenvalue weighted by Gasteiger charge is -2.36. The monoisotopic (exact) mass is 455 g/mol. The lowest BCUT2D eigenvalue weighted by Crippen LogP contribution is -2.43. The second-order valence-electron chi connectivity index (χ2n) is 7.72. The molecule has 2 N–H and O–H groups in total. The molecule has 2 atom stereocenters. The van der Waals surface area contributed by atoms with Gasteiger partial charge in [0.1, 0.15) is 17.7 Å². The molecule has 32 heavy (non-hydrogen) atoms. The van der Waals surface area contributed by atoms with E-state index < -0.39 is 35.5 Å². The van der Waals surface area contributed by atoms with Crippen molar-refractivity contribution in [3.05, 3.63) is 99.3 Å². The Balaban J connectivity index is 1.90. The number of benzene rings is 2. The van der Waals surface area contributed by atoms with Crippen molar-refractivity contribution < 1.29 is 18.4 Å². The summed E-state index contributed by atoms with van der Waals surface area (Å²) < 4.78 is 28.1. The molecule has 0 radical (unpaired) electrons. The van der Waals surface area contributed by atoms with Crippen molar-refractivity contribution in [2.45, 2.75) is 31.8 Å². The molecular weight excluding hydrogens is 436 g/mol. The number of carbonyl (C=O) groups is 2. The van der Waals surface area contributed by atoms with Crippen LogP contribution in [-0.4, -0.2) is 21.7 Å². The maximum atomic E-state index is 14.6. The molecule has 0 spiro atoms. The van der Waals surface area contributed by atoms with E-state index in [0.29, 0.717) is 35.2 Å². The largest absolute Gasteiger partial charge is 0.368 e.